The first-order valence-electron chi connectivity index (χ1n) is 11.3. The van der Waals surface area contributed by atoms with Crippen molar-refractivity contribution < 1.29 is 19.1 Å². The van der Waals surface area contributed by atoms with E-state index in [2.05, 4.69) is 24.1 Å². The highest BCUT2D eigenvalue weighted by atomic mass is 79.9. The topological polar surface area (TPSA) is 108 Å². The van der Waals surface area contributed by atoms with E-state index >= 15 is 0 Å². The Balaban J connectivity index is 0.00000342. The fourth-order valence-electron chi connectivity index (χ4n) is 4.33. The number of anilines is 1. The highest BCUT2D eigenvalue weighted by Gasteiger charge is 2.36. The lowest BCUT2D eigenvalue weighted by atomic mass is 9.85. The highest BCUT2D eigenvalue weighted by molar-refractivity contribution is 8.93. The molecule has 3 heterocycles. The van der Waals surface area contributed by atoms with E-state index in [1.54, 1.807) is 11.0 Å². The first-order chi connectivity index (χ1) is 16.1. The number of Topliss-reactive ketones (excluding diaryl/α,β-unsaturated/α-hetero) is 1. The Morgan fingerprint density at radius 2 is 2.00 bits per heavy atom. The number of pyridine rings is 1. The predicted octanol–water partition coefficient (Wildman–Crippen LogP) is 3.18. The van der Waals surface area contributed by atoms with E-state index < -0.39 is 0 Å². The van der Waals surface area contributed by atoms with Crippen LogP contribution in [0.15, 0.2) is 18.2 Å². The Kier molecular flexibility index (Phi) is 7.45. The van der Waals surface area contributed by atoms with E-state index in [0.717, 1.165) is 22.6 Å². The molecule has 0 atom stereocenters. The van der Waals surface area contributed by atoms with Gasteiger partial charge >= 0.3 is 0 Å². The van der Waals surface area contributed by atoms with Crippen LogP contribution in [0.1, 0.15) is 58.4 Å². The molecule has 0 radical (unpaired) electrons. The molecule has 188 valence electrons. The Labute approximate surface area is 216 Å². The van der Waals surface area contributed by atoms with Gasteiger partial charge in [-0.1, -0.05) is 13.8 Å². The number of rotatable bonds is 7. The van der Waals surface area contributed by atoms with Crippen LogP contribution in [0.3, 0.4) is 0 Å². The first kappa shape index (κ1) is 26.5. The minimum Gasteiger partial charge on any atom is -0.491 e. The number of fused-ring (bicyclic) bond motifs is 2. The van der Waals surface area contributed by atoms with Gasteiger partial charge in [0.05, 0.1) is 25.4 Å². The maximum atomic E-state index is 13.4. The number of benzene rings is 1. The lowest BCUT2D eigenvalue weighted by Crippen LogP contribution is -2.31. The first-order valence-corrected chi connectivity index (χ1v) is 11.3. The van der Waals surface area contributed by atoms with E-state index in [1.807, 2.05) is 38.1 Å². The van der Waals surface area contributed by atoms with Gasteiger partial charge in [0.1, 0.15) is 17.3 Å². The second kappa shape index (κ2) is 9.85. The molecule has 0 saturated heterocycles. The number of nitrogens with one attached hydrogen (secondary N) is 2. The van der Waals surface area contributed by atoms with Crippen LogP contribution in [0, 0.1) is 5.41 Å². The van der Waals surface area contributed by atoms with Gasteiger partial charge in [-0.2, -0.15) is 0 Å². The molecule has 0 spiro atoms. The number of nitrogens with zero attached hydrogens (tertiary/aromatic N) is 3. The molecule has 35 heavy (non-hydrogen) atoms. The Bertz CT molecular complexity index is 1190. The zero-order valence-corrected chi connectivity index (χ0v) is 22.7. The van der Waals surface area contributed by atoms with Crippen molar-refractivity contribution in [3.05, 3.63) is 46.3 Å². The molecule has 10 heteroatoms. The molecule has 1 aromatic heterocycles. The fraction of sp³-hybridized carbons (Fsp3) is 0.440. The second-order valence-corrected chi connectivity index (χ2v) is 9.42. The molecule has 2 aromatic rings. The third kappa shape index (κ3) is 4.71. The van der Waals surface area contributed by atoms with Gasteiger partial charge in [-0.25, -0.2) is 4.98 Å². The standard InChI is InChI=1S/C25H31N5O4.BrH/c1-7-33-19-10-15-11-30(23(26)20(15)28-21(19)24(32)27-4)12-18(31)14-8-16-22(17(9-14)29(5)6)34-13-25(16,2)3;/h8-10,26H,7,11-13H2,1-6H3,(H,27,32);1H. The van der Waals surface area contributed by atoms with Crippen LogP contribution in [0.5, 0.6) is 11.5 Å². The Morgan fingerprint density at radius 3 is 2.63 bits per heavy atom. The number of ether oxygens (including phenoxy) is 2. The summed E-state index contributed by atoms with van der Waals surface area (Å²) in [6.07, 6.45) is 0. The third-order valence-corrected chi connectivity index (χ3v) is 6.22. The lowest BCUT2D eigenvalue weighted by molar-refractivity contribution is 0.0949. The van der Waals surface area contributed by atoms with E-state index in [-0.39, 0.29) is 52.2 Å². The molecule has 2 aliphatic heterocycles. The summed E-state index contributed by atoms with van der Waals surface area (Å²) < 4.78 is 11.6. The predicted molar refractivity (Wildman–Crippen MR) is 140 cm³/mol. The summed E-state index contributed by atoms with van der Waals surface area (Å²) in [5.41, 5.74) is 3.56. The maximum absolute atomic E-state index is 13.4. The molecule has 0 aliphatic carbocycles. The van der Waals surface area contributed by atoms with Crippen molar-refractivity contribution in [2.24, 2.45) is 0 Å². The fourth-order valence-corrected chi connectivity index (χ4v) is 4.33. The molecule has 0 bridgehead atoms. The van der Waals surface area contributed by atoms with Gasteiger partial charge < -0.3 is 24.6 Å². The van der Waals surface area contributed by atoms with Gasteiger partial charge in [-0.3, -0.25) is 15.0 Å². The van der Waals surface area contributed by atoms with Crippen molar-refractivity contribution in [2.75, 3.05) is 45.8 Å². The number of hydrogen-bond acceptors (Lipinski definition) is 7. The Hall–Kier alpha value is -3.14. The van der Waals surface area contributed by atoms with Crippen LogP contribution in [0.25, 0.3) is 0 Å². The maximum Gasteiger partial charge on any atom is 0.273 e. The Morgan fingerprint density at radius 1 is 1.29 bits per heavy atom. The average molecular weight is 546 g/mol. The molecule has 2 N–H and O–H groups in total. The SMILES string of the molecule is Br.CCOc1cc2c(nc1C(=O)NC)C(=N)N(CC(=O)c1cc(N(C)C)c3c(c1)C(C)(C)CO3)C2. The van der Waals surface area contributed by atoms with Gasteiger partial charge in [-0.15, -0.1) is 17.0 Å². The van der Waals surface area contributed by atoms with Gasteiger partial charge in [0.2, 0.25) is 0 Å². The monoisotopic (exact) mass is 545 g/mol. The summed E-state index contributed by atoms with van der Waals surface area (Å²) in [6.45, 7) is 7.36. The molecule has 1 amide bonds. The number of halogens is 1. The van der Waals surface area contributed by atoms with Crippen molar-refractivity contribution >= 4 is 40.2 Å². The minimum atomic E-state index is -0.382. The summed E-state index contributed by atoms with van der Waals surface area (Å²) >= 11 is 0. The zero-order chi connectivity index (χ0) is 24.8. The number of aromatic nitrogens is 1. The van der Waals surface area contributed by atoms with Gasteiger partial charge in [-0.05, 0) is 25.1 Å². The number of carbonyl (C=O) groups is 2. The van der Waals surface area contributed by atoms with Crippen LogP contribution < -0.4 is 19.7 Å². The summed E-state index contributed by atoms with van der Waals surface area (Å²) in [6, 6.07) is 5.51. The molecule has 1 aromatic carbocycles. The summed E-state index contributed by atoms with van der Waals surface area (Å²) in [5, 5.41) is 11.2. The zero-order valence-electron chi connectivity index (χ0n) is 20.9. The second-order valence-electron chi connectivity index (χ2n) is 9.42. The van der Waals surface area contributed by atoms with E-state index in [4.69, 9.17) is 14.9 Å². The van der Waals surface area contributed by atoms with E-state index in [0.29, 0.717) is 36.8 Å². The quantitative estimate of drug-likeness (QED) is 0.514. The van der Waals surface area contributed by atoms with Crippen LogP contribution in [0.2, 0.25) is 0 Å². The van der Waals surface area contributed by atoms with Gasteiger partial charge in [0.25, 0.3) is 5.91 Å². The number of amides is 1. The van der Waals surface area contributed by atoms with Crippen LogP contribution in [0.4, 0.5) is 5.69 Å². The van der Waals surface area contributed by atoms with Crippen molar-refractivity contribution in [1.82, 2.24) is 15.2 Å². The molecule has 4 rings (SSSR count). The van der Waals surface area contributed by atoms with Crippen molar-refractivity contribution in [2.45, 2.75) is 32.7 Å². The van der Waals surface area contributed by atoms with Gasteiger partial charge in [0, 0.05) is 49.8 Å². The third-order valence-electron chi connectivity index (χ3n) is 6.22. The average Bonchev–Trinajstić information content (AvgIpc) is 3.27. The smallest absolute Gasteiger partial charge is 0.273 e. The van der Waals surface area contributed by atoms with Crippen LogP contribution in [-0.4, -0.2) is 68.3 Å². The minimum absolute atomic E-state index is 0. The number of amidine groups is 1. The molecule has 0 fully saturated rings. The van der Waals surface area contributed by atoms with E-state index in [1.165, 1.54) is 7.05 Å². The highest BCUT2D eigenvalue weighted by Crippen LogP contribution is 2.45. The molecule has 0 unspecified atom stereocenters. The molecule has 2 aliphatic rings. The summed E-state index contributed by atoms with van der Waals surface area (Å²) in [4.78, 5) is 33.7. The molecule has 0 saturated carbocycles. The normalized spacial score (nSPS) is 15.0. The molecule has 9 nitrogen and oxygen atoms in total. The van der Waals surface area contributed by atoms with Gasteiger partial charge in [0.15, 0.2) is 17.2 Å². The summed E-state index contributed by atoms with van der Waals surface area (Å²) in [5.74, 6) is 0.838. The van der Waals surface area contributed by atoms with Crippen LogP contribution >= 0.6 is 17.0 Å². The molecular weight excluding hydrogens is 514 g/mol. The number of hydrogen-bond donors (Lipinski definition) is 2. The molecular formula is C25H32BrN5O4. The van der Waals surface area contributed by atoms with E-state index in [9.17, 15) is 9.59 Å². The van der Waals surface area contributed by atoms with Crippen molar-refractivity contribution in [3.8, 4) is 11.5 Å². The number of carbonyl (C=O) groups excluding carboxylic acids is 2. The largest absolute Gasteiger partial charge is 0.491 e. The lowest BCUT2D eigenvalue weighted by Gasteiger charge is -2.21. The van der Waals surface area contributed by atoms with Crippen LogP contribution in [-0.2, 0) is 12.0 Å². The number of ketones is 1. The van der Waals surface area contributed by atoms with Crippen molar-refractivity contribution in [1.29, 1.82) is 5.41 Å². The van der Waals surface area contributed by atoms with Crippen molar-refractivity contribution in [3.63, 3.8) is 0 Å². The summed E-state index contributed by atoms with van der Waals surface area (Å²) in [7, 11) is 5.38.